The van der Waals surface area contributed by atoms with Crippen LogP contribution in [0.15, 0.2) is 35.5 Å². The van der Waals surface area contributed by atoms with Gasteiger partial charge in [-0.1, -0.05) is 51.5 Å². The lowest BCUT2D eigenvalue weighted by molar-refractivity contribution is -0.141. The largest absolute Gasteiger partial charge is 0.467 e. The van der Waals surface area contributed by atoms with Crippen molar-refractivity contribution in [3.8, 4) is 0 Å². The summed E-state index contributed by atoms with van der Waals surface area (Å²) in [6, 6.07) is 3.68. The Bertz CT molecular complexity index is 638. The average Bonchev–Trinajstić information content (AvgIpc) is 3.46. The maximum Gasteiger partial charge on any atom is 0.242 e. The van der Waals surface area contributed by atoms with Gasteiger partial charge in [-0.3, -0.25) is 9.59 Å². The number of hydrogen-bond acceptors (Lipinski definition) is 4. The quantitative estimate of drug-likeness (QED) is 0.274. The van der Waals surface area contributed by atoms with Crippen molar-refractivity contribution in [1.29, 1.82) is 0 Å². The number of unbranched alkanes of at least 4 members (excludes halogenated alkanes) is 6. The molecule has 1 aliphatic heterocycles. The van der Waals surface area contributed by atoms with E-state index in [0.717, 1.165) is 38.1 Å². The minimum Gasteiger partial charge on any atom is -0.467 e. The van der Waals surface area contributed by atoms with Crippen molar-refractivity contribution in [2.24, 2.45) is 0 Å². The SMILES string of the molecule is C=CCN(CC(=O)N(Cc1ccco1)CC1CCCO1)C(=O)CCCCCCCCC. The smallest absolute Gasteiger partial charge is 0.242 e. The number of carbonyl (C=O) groups is 2. The summed E-state index contributed by atoms with van der Waals surface area (Å²) in [6.07, 6.45) is 14.0. The first-order chi connectivity index (χ1) is 15.1. The molecule has 1 saturated heterocycles. The number of nitrogens with zero attached hydrogens (tertiary/aromatic N) is 2. The molecule has 2 amide bonds. The van der Waals surface area contributed by atoms with E-state index in [1.165, 1.54) is 32.1 Å². The lowest BCUT2D eigenvalue weighted by atomic mass is 10.1. The molecular formula is C25H40N2O4. The summed E-state index contributed by atoms with van der Waals surface area (Å²) in [5.41, 5.74) is 0. The zero-order valence-electron chi connectivity index (χ0n) is 19.2. The van der Waals surface area contributed by atoms with Gasteiger partial charge in [-0.2, -0.15) is 0 Å². The van der Waals surface area contributed by atoms with Crippen LogP contribution < -0.4 is 0 Å². The van der Waals surface area contributed by atoms with Gasteiger partial charge in [-0.05, 0) is 31.4 Å². The molecule has 0 aliphatic carbocycles. The number of ether oxygens (including phenoxy) is 1. The molecule has 1 aromatic rings. The van der Waals surface area contributed by atoms with Gasteiger partial charge in [0.25, 0.3) is 0 Å². The van der Waals surface area contributed by atoms with Gasteiger partial charge in [0.1, 0.15) is 12.3 Å². The summed E-state index contributed by atoms with van der Waals surface area (Å²) >= 11 is 0. The Hall–Kier alpha value is -2.08. The third-order valence-corrected chi connectivity index (χ3v) is 5.75. The number of hydrogen-bond donors (Lipinski definition) is 0. The van der Waals surface area contributed by atoms with Crippen LogP contribution in [0.25, 0.3) is 0 Å². The molecule has 0 N–H and O–H groups in total. The van der Waals surface area contributed by atoms with Crippen molar-refractivity contribution in [3.63, 3.8) is 0 Å². The molecule has 6 nitrogen and oxygen atoms in total. The molecule has 1 aliphatic rings. The van der Waals surface area contributed by atoms with Crippen molar-refractivity contribution < 1.29 is 18.7 Å². The van der Waals surface area contributed by atoms with Crippen molar-refractivity contribution >= 4 is 11.8 Å². The van der Waals surface area contributed by atoms with Gasteiger partial charge < -0.3 is 19.0 Å². The van der Waals surface area contributed by atoms with E-state index in [2.05, 4.69) is 13.5 Å². The van der Waals surface area contributed by atoms with Gasteiger partial charge in [0.2, 0.25) is 11.8 Å². The van der Waals surface area contributed by atoms with Crippen LogP contribution in [0.2, 0.25) is 0 Å². The molecule has 0 aromatic carbocycles. The number of carbonyl (C=O) groups excluding carboxylic acids is 2. The summed E-state index contributed by atoms with van der Waals surface area (Å²) in [6.45, 7) is 8.08. The van der Waals surface area contributed by atoms with E-state index < -0.39 is 0 Å². The fraction of sp³-hybridized carbons (Fsp3) is 0.680. The lowest BCUT2D eigenvalue weighted by Crippen LogP contribution is -2.45. The fourth-order valence-corrected chi connectivity index (χ4v) is 3.94. The van der Waals surface area contributed by atoms with Gasteiger partial charge in [0.15, 0.2) is 0 Å². The van der Waals surface area contributed by atoms with Crippen LogP contribution in [-0.2, 0) is 20.9 Å². The Kier molecular flexibility index (Phi) is 12.1. The highest BCUT2D eigenvalue weighted by Crippen LogP contribution is 2.16. The number of amides is 2. The Balaban J connectivity index is 1.85. The summed E-state index contributed by atoms with van der Waals surface area (Å²) in [5, 5.41) is 0. The Morgan fingerprint density at radius 2 is 1.90 bits per heavy atom. The maximum atomic E-state index is 13.1. The fourth-order valence-electron chi connectivity index (χ4n) is 3.94. The third-order valence-electron chi connectivity index (χ3n) is 5.75. The third kappa shape index (κ3) is 9.72. The first kappa shape index (κ1) is 25.2. The van der Waals surface area contributed by atoms with E-state index in [1.54, 1.807) is 22.1 Å². The van der Waals surface area contributed by atoms with Gasteiger partial charge in [-0.25, -0.2) is 0 Å². The molecule has 0 bridgehead atoms. The van der Waals surface area contributed by atoms with Crippen LogP contribution in [-0.4, -0.2) is 54.0 Å². The van der Waals surface area contributed by atoms with Crippen LogP contribution >= 0.6 is 0 Å². The molecule has 0 spiro atoms. The zero-order chi connectivity index (χ0) is 22.3. The predicted octanol–water partition coefficient (Wildman–Crippen LogP) is 4.94. The molecule has 1 unspecified atom stereocenters. The van der Waals surface area contributed by atoms with Crippen LogP contribution in [0.3, 0.4) is 0 Å². The van der Waals surface area contributed by atoms with Crippen molar-refractivity contribution in [2.75, 3.05) is 26.2 Å². The van der Waals surface area contributed by atoms with E-state index in [-0.39, 0.29) is 24.5 Å². The highest BCUT2D eigenvalue weighted by molar-refractivity contribution is 5.85. The first-order valence-corrected chi connectivity index (χ1v) is 11.9. The highest BCUT2D eigenvalue weighted by Gasteiger charge is 2.25. The standard InChI is InChI=1S/C25H40N2O4/c1-3-5-6-7-8-9-10-15-24(28)26(16-4-2)21-25(29)27(19-22-13-11-17-30-22)20-23-14-12-18-31-23/h4,11,13,17,23H,2-3,5-10,12,14-16,18-21H2,1H3. The second-order valence-electron chi connectivity index (χ2n) is 8.42. The molecule has 174 valence electrons. The second kappa shape index (κ2) is 14.8. The molecule has 0 saturated carbocycles. The van der Waals surface area contributed by atoms with Gasteiger partial charge >= 0.3 is 0 Å². The van der Waals surface area contributed by atoms with Crippen LogP contribution in [0.4, 0.5) is 0 Å². The molecule has 0 radical (unpaired) electrons. The molecule has 1 aromatic heterocycles. The lowest BCUT2D eigenvalue weighted by Gasteiger charge is -2.28. The topological polar surface area (TPSA) is 63.0 Å². The average molecular weight is 433 g/mol. The Labute approximate surface area is 187 Å². The predicted molar refractivity (Wildman–Crippen MR) is 122 cm³/mol. The van der Waals surface area contributed by atoms with E-state index in [0.29, 0.717) is 26.1 Å². The highest BCUT2D eigenvalue weighted by atomic mass is 16.5. The van der Waals surface area contributed by atoms with E-state index >= 15 is 0 Å². The van der Waals surface area contributed by atoms with Crippen molar-refractivity contribution in [2.45, 2.75) is 83.8 Å². The van der Waals surface area contributed by atoms with Crippen molar-refractivity contribution in [3.05, 3.63) is 36.8 Å². The molecule has 2 rings (SSSR count). The normalized spacial score (nSPS) is 15.7. The molecule has 31 heavy (non-hydrogen) atoms. The molecular weight excluding hydrogens is 392 g/mol. The van der Waals surface area contributed by atoms with E-state index in [4.69, 9.17) is 9.15 Å². The summed E-state index contributed by atoms with van der Waals surface area (Å²) in [5.74, 6) is 0.676. The minimum absolute atomic E-state index is 0.0249. The molecule has 1 fully saturated rings. The Morgan fingerprint density at radius 3 is 2.55 bits per heavy atom. The minimum atomic E-state index is -0.0818. The van der Waals surface area contributed by atoms with Gasteiger partial charge in [-0.15, -0.1) is 6.58 Å². The molecule has 2 heterocycles. The molecule has 6 heteroatoms. The monoisotopic (exact) mass is 432 g/mol. The van der Waals surface area contributed by atoms with Crippen LogP contribution in [0.5, 0.6) is 0 Å². The van der Waals surface area contributed by atoms with Crippen LogP contribution in [0, 0.1) is 0 Å². The number of rotatable bonds is 16. The number of furan rings is 1. The first-order valence-electron chi connectivity index (χ1n) is 11.9. The van der Waals surface area contributed by atoms with Gasteiger partial charge in [0.05, 0.1) is 18.9 Å². The van der Waals surface area contributed by atoms with Crippen molar-refractivity contribution in [1.82, 2.24) is 9.80 Å². The zero-order valence-corrected chi connectivity index (χ0v) is 19.2. The summed E-state index contributed by atoms with van der Waals surface area (Å²) in [4.78, 5) is 29.3. The second-order valence-corrected chi connectivity index (χ2v) is 8.42. The maximum absolute atomic E-state index is 13.1. The van der Waals surface area contributed by atoms with Gasteiger partial charge in [0, 0.05) is 26.1 Å². The summed E-state index contributed by atoms with van der Waals surface area (Å²) < 4.78 is 11.2. The summed E-state index contributed by atoms with van der Waals surface area (Å²) in [7, 11) is 0. The Morgan fingerprint density at radius 1 is 1.13 bits per heavy atom. The van der Waals surface area contributed by atoms with Crippen LogP contribution in [0.1, 0.15) is 76.9 Å². The van der Waals surface area contributed by atoms with E-state index in [9.17, 15) is 9.59 Å². The molecule has 1 atom stereocenters. The van der Waals surface area contributed by atoms with E-state index in [1.807, 2.05) is 12.1 Å².